The minimum atomic E-state index is -0.473. The number of methoxy groups -OCH3 is 1. The third-order valence-corrected chi connectivity index (χ3v) is 5.26. The van der Waals surface area contributed by atoms with Crippen LogP contribution in [0.3, 0.4) is 0 Å². The van der Waals surface area contributed by atoms with Gasteiger partial charge in [-0.1, -0.05) is 13.3 Å². The number of esters is 1. The average Bonchev–Trinajstić information content (AvgIpc) is 3.06. The van der Waals surface area contributed by atoms with Gasteiger partial charge < -0.3 is 10.1 Å². The fourth-order valence-electron chi connectivity index (χ4n) is 3.33. The summed E-state index contributed by atoms with van der Waals surface area (Å²) < 4.78 is 6.88. The highest BCUT2D eigenvalue weighted by Gasteiger charge is 2.48. The molecular weight excluding hydrogens is 286 g/mol. The molecule has 0 radical (unpaired) electrons. The maximum atomic E-state index is 12.3. The van der Waals surface area contributed by atoms with Gasteiger partial charge in [-0.3, -0.25) is 9.48 Å². The van der Waals surface area contributed by atoms with Crippen molar-refractivity contribution in [2.24, 2.45) is 13.0 Å². The van der Waals surface area contributed by atoms with Crippen LogP contribution in [0, 0.1) is 5.92 Å². The summed E-state index contributed by atoms with van der Waals surface area (Å²) in [6.45, 7) is 2.84. The van der Waals surface area contributed by atoms with Crippen molar-refractivity contribution in [2.45, 2.75) is 43.0 Å². The van der Waals surface area contributed by atoms with Crippen molar-refractivity contribution in [3.05, 3.63) is 12.4 Å². The zero-order chi connectivity index (χ0) is 15.3. The zero-order valence-corrected chi connectivity index (χ0v) is 13.9. The van der Waals surface area contributed by atoms with Crippen LogP contribution < -0.4 is 5.32 Å². The van der Waals surface area contributed by atoms with E-state index >= 15 is 0 Å². The van der Waals surface area contributed by atoms with Crippen LogP contribution in [0.25, 0.3) is 0 Å². The molecule has 1 aromatic rings. The number of aromatic nitrogens is 2. The molecule has 0 bridgehead atoms. The molecule has 2 rings (SSSR count). The molecule has 0 amide bonds. The zero-order valence-electron chi connectivity index (χ0n) is 13.1. The molecule has 1 N–H and O–H groups in total. The van der Waals surface area contributed by atoms with Gasteiger partial charge in [0.1, 0.15) is 5.54 Å². The molecule has 1 aliphatic carbocycles. The third kappa shape index (κ3) is 3.61. The van der Waals surface area contributed by atoms with Gasteiger partial charge in [-0.05, 0) is 37.5 Å². The first-order valence-electron chi connectivity index (χ1n) is 7.57. The highest BCUT2D eigenvalue weighted by Crippen LogP contribution is 2.40. The number of ether oxygens (including phenoxy) is 1. The maximum absolute atomic E-state index is 12.3. The van der Waals surface area contributed by atoms with Crippen LogP contribution in [-0.2, 0) is 16.6 Å². The van der Waals surface area contributed by atoms with Gasteiger partial charge in [-0.15, -0.1) is 11.8 Å². The Hall–Kier alpha value is -1.01. The van der Waals surface area contributed by atoms with Crippen LogP contribution in [0.2, 0.25) is 0 Å². The molecule has 2 atom stereocenters. The van der Waals surface area contributed by atoms with Crippen LogP contribution in [0.1, 0.15) is 32.6 Å². The number of hydrogen-bond acceptors (Lipinski definition) is 5. The number of likely N-dealkylation sites (N-methyl/N-ethyl adjacent to an activating group) is 1. The number of thioether (sulfide) groups is 1. The van der Waals surface area contributed by atoms with Crippen LogP contribution in [-0.4, -0.2) is 40.7 Å². The van der Waals surface area contributed by atoms with Crippen molar-refractivity contribution in [1.29, 1.82) is 0 Å². The van der Waals surface area contributed by atoms with E-state index < -0.39 is 5.54 Å². The minimum Gasteiger partial charge on any atom is -0.468 e. The lowest BCUT2D eigenvalue weighted by molar-refractivity contribution is -0.150. The van der Waals surface area contributed by atoms with Gasteiger partial charge in [0.15, 0.2) is 0 Å². The van der Waals surface area contributed by atoms with E-state index in [4.69, 9.17) is 4.74 Å². The largest absolute Gasteiger partial charge is 0.468 e. The van der Waals surface area contributed by atoms with Gasteiger partial charge in [0.25, 0.3) is 0 Å². The highest BCUT2D eigenvalue weighted by molar-refractivity contribution is 7.99. The molecule has 21 heavy (non-hydrogen) atoms. The Morgan fingerprint density at radius 1 is 1.67 bits per heavy atom. The maximum Gasteiger partial charge on any atom is 0.326 e. The molecule has 0 spiro atoms. The Labute approximate surface area is 130 Å². The van der Waals surface area contributed by atoms with Crippen LogP contribution in [0.5, 0.6) is 0 Å². The molecule has 1 heterocycles. The van der Waals surface area contributed by atoms with Gasteiger partial charge in [0, 0.05) is 18.1 Å². The van der Waals surface area contributed by atoms with E-state index in [1.54, 1.807) is 11.8 Å². The fourth-order valence-corrected chi connectivity index (χ4v) is 4.32. The number of hydrogen-bond donors (Lipinski definition) is 1. The molecule has 0 aromatic carbocycles. The number of aryl methyl sites for hydroxylation is 1. The Morgan fingerprint density at radius 2 is 2.48 bits per heavy atom. The molecule has 1 fully saturated rings. The highest BCUT2D eigenvalue weighted by atomic mass is 32.2. The second kappa shape index (κ2) is 7.31. The second-order valence-electron chi connectivity index (χ2n) is 5.57. The van der Waals surface area contributed by atoms with Gasteiger partial charge in [0.2, 0.25) is 0 Å². The van der Waals surface area contributed by atoms with Crippen molar-refractivity contribution in [2.75, 3.05) is 19.4 Å². The minimum absolute atomic E-state index is 0.0989. The Bertz CT molecular complexity index is 477. The molecule has 118 valence electrons. The van der Waals surface area contributed by atoms with Crippen molar-refractivity contribution in [3.63, 3.8) is 0 Å². The van der Waals surface area contributed by atoms with Crippen molar-refractivity contribution in [3.8, 4) is 0 Å². The monoisotopic (exact) mass is 311 g/mol. The summed E-state index contributed by atoms with van der Waals surface area (Å²) >= 11 is 1.80. The van der Waals surface area contributed by atoms with E-state index in [1.807, 2.05) is 31.0 Å². The molecule has 1 aliphatic rings. The normalized spacial score (nSPS) is 25.2. The molecule has 0 saturated heterocycles. The summed E-state index contributed by atoms with van der Waals surface area (Å²) in [7, 11) is 3.41. The molecule has 1 saturated carbocycles. The number of carbonyl (C=O) groups is 1. The smallest absolute Gasteiger partial charge is 0.326 e. The van der Waals surface area contributed by atoms with Crippen LogP contribution in [0.4, 0.5) is 0 Å². The molecule has 1 aromatic heterocycles. The number of carbonyl (C=O) groups excluding carboxylic acids is 1. The van der Waals surface area contributed by atoms with Crippen LogP contribution >= 0.6 is 11.8 Å². The van der Waals surface area contributed by atoms with Gasteiger partial charge >= 0.3 is 5.97 Å². The predicted molar refractivity (Wildman–Crippen MR) is 84.3 cm³/mol. The lowest BCUT2D eigenvalue weighted by atomic mass is 9.85. The van der Waals surface area contributed by atoms with E-state index in [9.17, 15) is 4.79 Å². The predicted octanol–water partition coefficient (Wildman–Crippen LogP) is 2.22. The van der Waals surface area contributed by atoms with Crippen LogP contribution in [0.15, 0.2) is 17.3 Å². The molecule has 5 nitrogen and oxygen atoms in total. The summed E-state index contributed by atoms with van der Waals surface area (Å²) in [5.41, 5.74) is -0.473. The summed E-state index contributed by atoms with van der Waals surface area (Å²) in [4.78, 5) is 13.5. The Kier molecular flexibility index (Phi) is 5.70. The van der Waals surface area contributed by atoms with E-state index in [0.29, 0.717) is 5.92 Å². The SMILES string of the molecule is CCNC1(C(=O)OC)CCCC1CCSc1cnn(C)c1. The van der Waals surface area contributed by atoms with Crippen molar-refractivity contribution in [1.82, 2.24) is 15.1 Å². The average molecular weight is 311 g/mol. The molecule has 0 aliphatic heterocycles. The number of nitrogens with zero attached hydrogens (tertiary/aromatic N) is 2. The Balaban J connectivity index is 1.95. The summed E-state index contributed by atoms with van der Waals surface area (Å²) in [5.74, 6) is 1.26. The molecular formula is C15H25N3O2S. The summed E-state index contributed by atoms with van der Waals surface area (Å²) in [6, 6.07) is 0. The lowest BCUT2D eigenvalue weighted by Crippen LogP contribution is -2.55. The summed E-state index contributed by atoms with van der Waals surface area (Å²) in [6.07, 6.45) is 7.99. The van der Waals surface area contributed by atoms with E-state index in [2.05, 4.69) is 10.4 Å². The van der Waals surface area contributed by atoms with E-state index in [1.165, 1.54) is 12.0 Å². The standard InChI is InChI=1S/C15H25N3O2S/c1-4-16-15(14(19)20-3)8-5-6-12(15)7-9-21-13-10-17-18(2)11-13/h10-12,16H,4-9H2,1-3H3. The van der Waals surface area contributed by atoms with Crippen molar-refractivity contribution < 1.29 is 9.53 Å². The molecule has 6 heteroatoms. The van der Waals surface area contributed by atoms with Gasteiger partial charge in [-0.25, -0.2) is 0 Å². The van der Waals surface area contributed by atoms with E-state index in [-0.39, 0.29) is 5.97 Å². The van der Waals surface area contributed by atoms with Gasteiger partial charge in [-0.2, -0.15) is 5.10 Å². The number of nitrogens with one attached hydrogen (secondary N) is 1. The first-order chi connectivity index (χ1) is 10.1. The second-order valence-corrected chi connectivity index (χ2v) is 6.74. The van der Waals surface area contributed by atoms with E-state index in [0.717, 1.165) is 38.0 Å². The Morgan fingerprint density at radius 3 is 3.10 bits per heavy atom. The third-order valence-electron chi connectivity index (χ3n) is 4.28. The van der Waals surface area contributed by atoms with Gasteiger partial charge in [0.05, 0.1) is 13.3 Å². The number of rotatable bonds is 7. The first-order valence-corrected chi connectivity index (χ1v) is 8.56. The topological polar surface area (TPSA) is 56.1 Å². The quantitative estimate of drug-likeness (QED) is 0.618. The fraction of sp³-hybridized carbons (Fsp3) is 0.733. The lowest BCUT2D eigenvalue weighted by Gasteiger charge is -2.33. The summed E-state index contributed by atoms with van der Waals surface area (Å²) in [5, 5.41) is 7.59. The first kappa shape index (κ1) is 16.4. The van der Waals surface area contributed by atoms with Crippen molar-refractivity contribution >= 4 is 17.7 Å². The molecule has 2 unspecified atom stereocenters.